The average Bonchev–Trinajstić information content (AvgIpc) is 3.87. The van der Waals surface area contributed by atoms with E-state index in [1.165, 1.54) is 5.57 Å². The van der Waals surface area contributed by atoms with E-state index in [1.807, 2.05) is 41.4 Å². The van der Waals surface area contributed by atoms with Crippen LogP contribution in [0, 0.1) is 5.92 Å². The SMILES string of the molecule is CCc1nc(-c2cccc3cc(-c4ccc(C(=O)NCC5C=C(c6cccc7c6CNC7=O)CC5)nc4)ncc23)c2n1CCN(C(C)=O)C2. The van der Waals surface area contributed by atoms with Crippen LogP contribution in [0.2, 0.25) is 0 Å². The maximum atomic E-state index is 13.0. The summed E-state index contributed by atoms with van der Waals surface area (Å²) in [5.74, 6) is 1.10. The first-order chi connectivity index (χ1) is 23.9. The Morgan fingerprint density at radius 1 is 1.00 bits per heavy atom. The molecule has 0 saturated heterocycles. The largest absolute Gasteiger partial charge is 0.350 e. The number of aromatic nitrogens is 4. The quantitative estimate of drug-likeness (QED) is 0.238. The molecule has 0 fully saturated rings. The van der Waals surface area contributed by atoms with Crippen molar-refractivity contribution < 1.29 is 14.4 Å². The number of rotatable bonds is 7. The van der Waals surface area contributed by atoms with Gasteiger partial charge in [0.05, 0.1) is 23.6 Å². The van der Waals surface area contributed by atoms with E-state index in [0.717, 1.165) is 87.3 Å². The Labute approximate surface area is 284 Å². The van der Waals surface area contributed by atoms with Crippen molar-refractivity contribution in [1.82, 2.24) is 35.1 Å². The third-order valence-electron chi connectivity index (χ3n) is 10.1. The lowest BCUT2D eigenvalue weighted by Gasteiger charge is -2.28. The van der Waals surface area contributed by atoms with Gasteiger partial charge in [-0.2, -0.15) is 0 Å². The molecule has 0 spiro atoms. The summed E-state index contributed by atoms with van der Waals surface area (Å²) in [6, 6.07) is 17.7. The monoisotopic (exact) mass is 651 g/mol. The molecule has 0 saturated carbocycles. The number of carbonyl (C=O) groups is 3. The van der Waals surface area contributed by atoms with Crippen LogP contribution in [0.4, 0.5) is 0 Å². The van der Waals surface area contributed by atoms with Gasteiger partial charge in [0, 0.05) is 74.0 Å². The number of amides is 3. The second-order valence-electron chi connectivity index (χ2n) is 13.0. The fourth-order valence-corrected chi connectivity index (χ4v) is 7.46. The first-order valence-corrected chi connectivity index (χ1v) is 17.0. The predicted molar refractivity (Wildman–Crippen MR) is 187 cm³/mol. The fourth-order valence-electron chi connectivity index (χ4n) is 7.46. The van der Waals surface area contributed by atoms with Gasteiger partial charge in [-0.25, -0.2) is 4.98 Å². The molecule has 0 radical (unpaired) electrons. The van der Waals surface area contributed by atoms with Crippen molar-refractivity contribution in [2.45, 2.75) is 52.7 Å². The molecule has 5 heterocycles. The van der Waals surface area contributed by atoms with E-state index >= 15 is 0 Å². The fraction of sp³-hybridized carbons (Fsp3) is 0.282. The minimum Gasteiger partial charge on any atom is -0.350 e. The number of imidazole rings is 1. The Kier molecular flexibility index (Phi) is 7.78. The summed E-state index contributed by atoms with van der Waals surface area (Å²) in [7, 11) is 0. The van der Waals surface area contributed by atoms with E-state index < -0.39 is 0 Å². The lowest BCUT2D eigenvalue weighted by atomic mass is 9.96. The van der Waals surface area contributed by atoms with Crippen molar-refractivity contribution in [1.29, 1.82) is 0 Å². The zero-order valence-electron chi connectivity index (χ0n) is 27.6. The van der Waals surface area contributed by atoms with Crippen LogP contribution in [0.3, 0.4) is 0 Å². The summed E-state index contributed by atoms with van der Waals surface area (Å²) in [5.41, 5.74) is 9.10. The number of aryl methyl sites for hydroxylation is 1. The highest BCUT2D eigenvalue weighted by molar-refractivity contribution is 6.00. The third-order valence-corrected chi connectivity index (χ3v) is 10.1. The van der Waals surface area contributed by atoms with Crippen LogP contribution in [-0.2, 0) is 30.8 Å². The molecule has 49 heavy (non-hydrogen) atoms. The highest BCUT2D eigenvalue weighted by Crippen LogP contribution is 2.36. The second kappa shape index (κ2) is 12.4. The molecule has 3 amide bonds. The number of nitrogens with one attached hydrogen (secondary N) is 2. The van der Waals surface area contributed by atoms with E-state index in [2.05, 4.69) is 51.4 Å². The number of allylic oxidation sites excluding steroid dienone is 1. The molecule has 1 unspecified atom stereocenters. The molecular weight excluding hydrogens is 614 g/mol. The number of nitrogens with zero attached hydrogens (tertiary/aromatic N) is 5. The Balaban J connectivity index is 0.970. The lowest BCUT2D eigenvalue weighted by Crippen LogP contribution is -2.37. The van der Waals surface area contributed by atoms with Gasteiger partial charge in [0.15, 0.2) is 0 Å². The van der Waals surface area contributed by atoms with Gasteiger partial charge in [-0.05, 0) is 65.1 Å². The van der Waals surface area contributed by atoms with Crippen molar-refractivity contribution >= 4 is 34.1 Å². The highest BCUT2D eigenvalue weighted by atomic mass is 16.2. The minimum atomic E-state index is -0.210. The van der Waals surface area contributed by atoms with Crippen LogP contribution in [0.25, 0.3) is 38.9 Å². The number of carbonyl (C=O) groups excluding carboxylic acids is 3. The number of pyridine rings is 2. The molecule has 3 aliphatic rings. The average molecular weight is 652 g/mol. The molecule has 1 atom stereocenters. The number of hydrogen-bond acceptors (Lipinski definition) is 6. The standard InChI is InChI=1S/C39H37N7O3/c1-3-36-44-37(35-22-45(23(2)47)14-15-46(35)36)29-8-4-6-25-17-34(41-20-31(25)29)27-12-13-33(40-19-27)39(49)42-18-24-10-11-26(16-24)28-7-5-9-30-32(28)21-43-38(30)48/h4-9,12-13,16-17,19-20,24H,3,10-11,14-15,18,21-22H2,1-2H3,(H,42,49)(H,43,48). The van der Waals surface area contributed by atoms with E-state index in [-0.39, 0.29) is 23.6 Å². The Bertz CT molecular complexity index is 2180. The zero-order valence-corrected chi connectivity index (χ0v) is 27.6. The number of fused-ring (bicyclic) bond motifs is 3. The molecule has 2 aliphatic heterocycles. The summed E-state index contributed by atoms with van der Waals surface area (Å²) in [4.78, 5) is 53.5. The van der Waals surface area contributed by atoms with Gasteiger partial charge in [-0.15, -0.1) is 0 Å². The number of hydrogen-bond donors (Lipinski definition) is 2. The Hall–Kier alpha value is -5.64. The molecule has 2 aromatic carbocycles. The molecule has 5 aromatic rings. The summed E-state index contributed by atoms with van der Waals surface area (Å²) in [6.07, 6.45) is 8.49. The van der Waals surface area contributed by atoms with E-state index in [0.29, 0.717) is 31.9 Å². The Morgan fingerprint density at radius 2 is 1.84 bits per heavy atom. The molecule has 10 nitrogen and oxygen atoms in total. The van der Waals surface area contributed by atoms with Crippen molar-refractivity contribution in [2.24, 2.45) is 5.92 Å². The van der Waals surface area contributed by atoms with E-state index in [9.17, 15) is 14.4 Å². The van der Waals surface area contributed by atoms with Crippen LogP contribution >= 0.6 is 0 Å². The first-order valence-electron chi connectivity index (χ1n) is 17.0. The highest BCUT2D eigenvalue weighted by Gasteiger charge is 2.27. The molecule has 2 N–H and O–H groups in total. The van der Waals surface area contributed by atoms with Crippen molar-refractivity contribution in [3.05, 3.63) is 107 Å². The van der Waals surface area contributed by atoms with Crippen LogP contribution in [0.15, 0.2) is 73.1 Å². The van der Waals surface area contributed by atoms with Gasteiger partial charge < -0.3 is 20.1 Å². The normalized spacial score (nSPS) is 16.7. The van der Waals surface area contributed by atoms with Crippen LogP contribution in [0.1, 0.15) is 70.2 Å². The zero-order chi connectivity index (χ0) is 33.6. The van der Waals surface area contributed by atoms with E-state index in [4.69, 9.17) is 9.97 Å². The molecule has 3 aromatic heterocycles. The maximum absolute atomic E-state index is 13.0. The molecular formula is C39H37N7O3. The predicted octanol–water partition coefficient (Wildman–Crippen LogP) is 5.55. The summed E-state index contributed by atoms with van der Waals surface area (Å²) < 4.78 is 2.26. The van der Waals surface area contributed by atoms with Crippen molar-refractivity contribution in [3.8, 4) is 22.5 Å². The lowest BCUT2D eigenvalue weighted by molar-refractivity contribution is -0.130. The van der Waals surface area contributed by atoms with Gasteiger partial charge in [0.2, 0.25) is 5.91 Å². The molecule has 10 heteroatoms. The van der Waals surface area contributed by atoms with Gasteiger partial charge in [0.1, 0.15) is 11.5 Å². The van der Waals surface area contributed by atoms with Gasteiger partial charge >= 0.3 is 0 Å². The molecule has 8 rings (SSSR count). The van der Waals surface area contributed by atoms with Crippen LogP contribution in [-0.4, -0.2) is 55.2 Å². The first kappa shape index (κ1) is 30.7. The van der Waals surface area contributed by atoms with Crippen LogP contribution < -0.4 is 10.6 Å². The smallest absolute Gasteiger partial charge is 0.269 e. The summed E-state index contributed by atoms with van der Waals surface area (Å²) in [6.45, 7) is 6.80. The Morgan fingerprint density at radius 3 is 2.65 bits per heavy atom. The molecule has 0 bridgehead atoms. The van der Waals surface area contributed by atoms with Gasteiger partial charge in [-0.1, -0.05) is 43.3 Å². The van der Waals surface area contributed by atoms with Gasteiger partial charge in [0.25, 0.3) is 11.8 Å². The van der Waals surface area contributed by atoms with Crippen LogP contribution in [0.5, 0.6) is 0 Å². The molecule has 246 valence electrons. The summed E-state index contributed by atoms with van der Waals surface area (Å²) >= 11 is 0. The minimum absolute atomic E-state index is 0.0126. The second-order valence-corrected chi connectivity index (χ2v) is 13.0. The topological polar surface area (TPSA) is 122 Å². The third kappa shape index (κ3) is 5.56. The van der Waals surface area contributed by atoms with E-state index in [1.54, 1.807) is 19.2 Å². The van der Waals surface area contributed by atoms with Gasteiger partial charge in [-0.3, -0.25) is 24.4 Å². The maximum Gasteiger partial charge on any atom is 0.269 e. The van der Waals surface area contributed by atoms with Crippen molar-refractivity contribution in [2.75, 3.05) is 13.1 Å². The number of benzene rings is 2. The summed E-state index contributed by atoms with van der Waals surface area (Å²) in [5, 5.41) is 7.99. The van der Waals surface area contributed by atoms with Crippen molar-refractivity contribution in [3.63, 3.8) is 0 Å². The molecule has 1 aliphatic carbocycles.